The van der Waals surface area contributed by atoms with Gasteiger partial charge in [0, 0.05) is 21.0 Å². The Morgan fingerprint density at radius 3 is 2.70 bits per heavy atom. The maximum atomic E-state index is 13.9. The van der Waals surface area contributed by atoms with Crippen molar-refractivity contribution in [3.05, 3.63) is 96.1 Å². The molecule has 1 amide bonds. The summed E-state index contributed by atoms with van der Waals surface area (Å²) < 4.78 is 22.4. The molecule has 1 aromatic heterocycles. The first-order chi connectivity index (χ1) is 19.3. The van der Waals surface area contributed by atoms with E-state index >= 15 is 0 Å². The van der Waals surface area contributed by atoms with E-state index in [1.807, 2.05) is 12.1 Å². The van der Waals surface area contributed by atoms with Gasteiger partial charge in [-0.25, -0.2) is 9.37 Å². The number of halogens is 4. The largest absolute Gasteiger partial charge is 0.482 e. The molecule has 0 radical (unpaired) electrons. The lowest BCUT2D eigenvalue weighted by Crippen LogP contribution is -2.25. The molecule has 3 aromatic carbocycles. The van der Waals surface area contributed by atoms with Crippen LogP contribution in [0.4, 0.5) is 10.1 Å². The number of benzene rings is 3. The smallest absolute Gasteiger partial charge is 0.282 e. The van der Waals surface area contributed by atoms with Crippen molar-refractivity contribution in [1.29, 1.82) is 0 Å². The van der Waals surface area contributed by atoms with Gasteiger partial charge in [0.25, 0.3) is 11.5 Å². The highest BCUT2D eigenvalue weighted by Gasteiger charge is 2.23. The molecule has 1 aliphatic rings. The Kier molecular flexibility index (Phi) is 8.97. The summed E-state index contributed by atoms with van der Waals surface area (Å²) in [5.41, 5.74) is 0.832. The van der Waals surface area contributed by atoms with Crippen LogP contribution in [0.3, 0.4) is 0 Å². The Morgan fingerprint density at radius 1 is 1.15 bits per heavy atom. The Morgan fingerprint density at radius 2 is 1.93 bits per heavy atom. The molecule has 0 atom stereocenters. The zero-order chi connectivity index (χ0) is 28.2. The minimum atomic E-state index is -0.549. The summed E-state index contributed by atoms with van der Waals surface area (Å²) in [6.07, 6.45) is 6.62. The summed E-state index contributed by atoms with van der Waals surface area (Å²) in [7, 11) is 0. The third-order valence-electron chi connectivity index (χ3n) is 6.65. The highest BCUT2D eigenvalue weighted by Crippen LogP contribution is 2.34. The standard InChI is InChI=1S/C29H24Br2ClFN4O3/c30-19-10-11-24-21(13-19)29(39)37(28(36-24)17-6-2-1-3-7-17)34-15-18-12-20(32)14-22(31)27(18)40-16-26(38)35-25-9-5-4-8-23(25)33/h4-5,8-15,17H,1-3,6-7,16H2,(H,35,38). The molecule has 40 heavy (non-hydrogen) atoms. The van der Waals surface area contributed by atoms with Crippen molar-refractivity contribution in [3.63, 3.8) is 0 Å². The third kappa shape index (κ3) is 6.45. The van der Waals surface area contributed by atoms with Gasteiger partial charge < -0.3 is 10.1 Å². The molecule has 1 fully saturated rings. The van der Waals surface area contributed by atoms with Crippen molar-refractivity contribution >= 4 is 72.2 Å². The van der Waals surface area contributed by atoms with Gasteiger partial charge in [0.1, 0.15) is 17.4 Å². The lowest BCUT2D eigenvalue weighted by atomic mass is 9.88. The maximum Gasteiger partial charge on any atom is 0.282 e. The van der Waals surface area contributed by atoms with E-state index in [4.69, 9.17) is 21.3 Å². The van der Waals surface area contributed by atoms with Crippen LogP contribution in [-0.2, 0) is 4.79 Å². The summed E-state index contributed by atoms with van der Waals surface area (Å²) in [6.45, 7) is -0.395. The van der Waals surface area contributed by atoms with Crippen molar-refractivity contribution in [2.75, 3.05) is 11.9 Å². The monoisotopic (exact) mass is 688 g/mol. The first-order valence-corrected chi connectivity index (χ1v) is 14.7. The molecular weight excluding hydrogens is 667 g/mol. The molecule has 0 bridgehead atoms. The van der Waals surface area contributed by atoms with Gasteiger partial charge >= 0.3 is 0 Å². The number of para-hydroxylation sites is 1. The lowest BCUT2D eigenvalue weighted by molar-refractivity contribution is -0.118. The SMILES string of the molecule is O=C(COc1c(Br)cc(Cl)cc1C=Nn1c(C2CCCCC2)nc2ccc(Br)cc2c1=O)Nc1ccccc1F. The van der Waals surface area contributed by atoms with Crippen molar-refractivity contribution in [2.24, 2.45) is 5.10 Å². The van der Waals surface area contributed by atoms with Gasteiger partial charge in [0.15, 0.2) is 6.61 Å². The zero-order valence-corrected chi connectivity index (χ0v) is 25.1. The summed E-state index contributed by atoms with van der Waals surface area (Å²) in [4.78, 5) is 31.0. The van der Waals surface area contributed by atoms with Crippen LogP contribution in [0.2, 0.25) is 5.02 Å². The Hall–Kier alpha value is -3.08. The second kappa shape index (κ2) is 12.6. The minimum absolute atomic E-state index is 0.0538. The summed E-state index contributed by atoms with van der Waals surface area (Å²) in [6, 6.07) is 14.5. The van der Waals surface area contributed by atoms with Gasteiger partial charge in [0.2, 0.25) is 0 Å². The number of nitrogens with zero attached hydrogens (tertiary/aromatic N) is 3. The summed E-state index contributed by atoms with van der Waals surface area (Å²) >= 11 is 13.2. The zero-order valence-electron chi connectivity index (χ0n) is 21.2. The molecule has 5 rings (SSSR count). The van der Waals surface area contributed by atoms with E-state index in [9.17, 15) is 14.0 Å². The second-order valence-electron chi connectivity index (χ2n) is 9.45. The summed E-state index contributed by atoms with van der Waals surface area (Å²) in [5.74, 6) is -0.0822. The Labute approximate surface area is 251 Å². The normalized spacial score (nSPS) is 14.1. The van der Waals surface area contributed by atoms with E-state index in [-0.39, 0.29) is 17.2 Å². The molecule has 0 saturated heterocycles. The van der Waals surface area contributed by atoms with Gasteiger partial charge in [-0.1, -0.05) is 58.9 Å². The predicted molar refractivity (Wildman–Crippen MR) is 162 cm³/mol. The van der Waals surface area contributed by atoms with Gasteiger partial charge in [-0.3, -0.25) is 9.59 Å². The molecule has 11 heteroatoms. The van der Waals surface area contributed by atoms with Crippen molar-refractivity contribution in [2.45, 2.75) is 38.0 Å². The fourth-order valence-electron chi connectivity index (χ4n) is 4.74. The molecular formula is C29H24Br2ClFN4O3. The van der Waals surface area contributed by atoms with Crippen molar-refractivity contribution < 1.29 is 13.9 Å². The number of nitrogens with one attached hydrogen (secondary N) is 1. The van der Waals surface area contributed by atoms with Crippen LogP contribution in [0.1, 0.15) is 49.4 Å². The van der Waals surface area contributed by atoms with Crippen LogP contribution in [0, 0.1) is 5.82 Å². The number of rotatable bonds is 7. The van der Waals surface area contributed by atoms with E-state index in [0.717, 1.165) is 36.6 Å². The van der Waals surface area contributed by atoms with E-state index in [0.29, 0.717) is 37.5 Å². The first-order valence-electron chi connectivity index (χ1n) is 12.7. The number of hydrogen-bond donors (Lipinski definition) is 1. The van der Waals surface area contributed by atoms with E-state index in [1.54, 1.807) is 24.3 Å². The molecule has 1 aliphatic carbocycles. The second-order valence-corrected chi connectivity index (χ2v) is 11.7. The predicted octanol–water partition coefficient (Wildman–Crippen LogP) is 7.66. The van der Waals surface area contributed by atoms with Crippen LogP contribution in [0.25, 0.3) is 10.9 Å². The number of carbonyl (C=O) groups excluding carboxylic acids is 1. The highest BCUT2D eigenvalue weighted by atomic mass is 79.9. The molecule has 1 heterocycles. The van der Waals surface area contributed by atoms with Crippen LogP contribution < -0.4 is 15.6 Å². The van der Waals surface area contributed by atoms with Gasteiger partial charge in [0.05, 0.1) is 27.3 Å². The number of ether oxygens (including phenoxy) is 1. The van der Waals surface area contributed by atoms with Crippen LogP contribution in [-0.4, -0.2) is 28.4 Å². The van der Waals surface area contributed by atoms with E-state index in [2.05, 4.69) is 42.3 Å². The fourth-order valence-corrected chi connectivity index (χ4v) is 6.05. The average Bonchev–Trinajstić information content (AvgIpc) is 2.94. The van der Waals surface area contributed by atoms with Gasteiger partial charge in [-0.05, 0) is 71.2 Å². The van der Waals surface area contributed by atoms with Gasteiger partial charge in [-0.15, -0.1) is 0 Å². The molecule has 7 nitrogen and oxygen atoms in total. The fraction of sp³-hybridized carbons (Fsp3) is 0.241. The van der Waals surface area contributed by atoms with Crippen molar-refractivity contribution in [3.8, 4) is 5.75 Å². The van der Waals surface area contributed by atoms with Crippen LogP contribution in [0.5, 0.6) is 5.75 Å². The number of hydrogen-bond acceptors (Lipinski definition) is 5. The number of aromatic nitrogens is 2. The molecule has 0 unspecified atom stereocenters. The molecule has 1 N–H and O–H groups in total. The van der Waals surface area contributed by atoms with Crippen LogP contribution in [0.15, 0.2) is 73.4 Å². The number of amides is 1. The highest BCUT2D eigenvalue weighted by molar-refractivity contribution is 9.10. The topological polar surface area (TPSA) is 85.6 Å². The molecule has 0 spiro atoms. The average molecular weight is 691 g/mol. The number of carbonyl (C=O) groups is 1. The van der Waals surface area contributed by atoms with E-state index in [1.165, 1.54) is 29.1 Å². The third-order valence-corrected chi connectivity index (χ3v) is 7.95. The van der Waals surface area contributed by atoms with E-state index < -0.39 is 18.3 Å². The summed E-state index contributed by atoms with van der Waals surface area (Å²) in [5, 5.41) is 7.91. The molecule has 0 aliphatic heterocycles. The Balaban J connectivity index is 1.49. The quantitative estimate of drug-likeness (QED) is 0.202. The number of anilines is 1. The van der Waals surface area contributed by atoms with Gasteiger partial charge in [-0.2, -0.15) is 9.78 Å². The van der Waals surface area contributed by atoms with Crippen molar-refractivity contribution in [1.82, 2.24) is 9.66 Å². The Bertz CT molecular complexity index is 1670. The number of fused-ring (bicyclic) bond motifs is 1. The molecule has 4 aromatic rings. The van der Waals surface area contributed by atoms with Crippen LogP contribution >= 0.6 is 43.5 Å². The molecule has 206 valence electrons. The first kappa shape index (κ1) is 28.4. The lowest BCUT2D eigenvalue weighted by Gasteiger charge is -2.22. The minimum Gasteiger partial charge on any atom is -0.482 e. The maximum absolute atomic E-state index is 13.9. The molecule has 1 saturated carbocycles.